The molecule has 20 heavy (non-hydrogen) atoms. The Morgan fingerprint density at radius 3 is 2.55 bits per heavy atom. The van der Waals surface area contributed by atoms with Crippen LogP contribution < -0.4 is 10.6 Å². The summed E-state index contributed by atoms with van der Waals surface area (Å²) in [7, 11) is -2.94. The lowest BCUT2D eigenvalue weighted by Crippen LogP contribution is -2.47. The first kappa shape index (κ1) is 15.0. The third-order valence-electron chi connectivity index (χ3n) is 3.63. The van der Waals surface area contributed by atoms with E-state index in [0.717, 1.165) is 11.4 Å². The average molecular weight is 298 g/mol. The monoisotopic (exact) mass is 298 g/mol. The Balaban J connectivity index is 2.42. The molecule has 1 atom stereocenters. The van der Waals surface area contributed by atoms with Crippen LogP contribution in [0.5, 0.6) is 0 Å². The summed E-state index contributed by atoms with van der Waals surface area (Å²) in [5, 5.41) is 0. The van der Waals surface area contributed by atoms with Crippen LogP contribution in [-0.4, -0.2) is 42.5 Å². The Bertz CT molecular complexity index is 613. The summed E-state index contributed by atoms with van der Waals surface area (Å²) < 4.78 is 23.4. The van der Waals surface area contributed by atoms with Gasteiger partial charge in [0.1, 0.15) is 17.5 Å². The minimum absolute atomic E-state index is 0.0956. The lowest BCUT2D eigenvalue weighted by molar-refractivity contribution is 0.565. The van der Waals surface area contributed by atoms with Crippen LogP contribution in [-0.2, 0) is 9.84 Å². The minimum Gasteiger partial charge on any atom is -0.383 e. The molecule has 1 aromatic rings. The van der Waals surface area contributed by atoms with E-state index in [0.29, 0.717) is 18.2 Å². The second kappa shape index (κ2) is 5.20. The van der Waals surface area contributed by atoms with Gasteiger partial charge in [-0.25, -0.2) is 18.4 Å². The fraction of sp³-hybridized carbons (Fsp3) is 0.692. The van der Waals surface area contributed by atoms with Crippen molar-refractivity contribution in [3.63, 3.8) is 0 Å². The van der Waals surface area contributed by atoms with Crippen molar-refractivity contribution in [1.82, 2.24) is 9.97 Å². The number of anilines is 2. The van der Waals surface area contributed by atoms with E-state index in [1.54, 1.807) is 0 Å². The van der Waals surface area contributed by atoms with Crippen LogP contribution in [0.3, 0.4) is 0 Å². The third-order valence-corrected chi connectivity index (χ3v) is 5.43. The van der Waals surface area contributed by atoms with Crippen LogP contribution in [0.25, 0.3) is 0 Å². The number of hydrogen-bond donors (Lipinski definition) is 1. The molecule has 7 heteroatoms. The Morgan fingerprint density at radius 2 is 2.00 bits per heavy atom. The maximum Gasteiger partial charge on any atom is 0.154 e. The molecular weight excluding hydrogens is 276 g/mol. The summed E-state index contributed by atoms with van der Waals surface area (Å²) in [6, 6.07) is -0.0956. The summed E-state index contributed by atoms with van der Waals surface area (Å²) in [6.07, 6.45) is 0. The summed E-state index contributed by atoms with van der Waals surface area (Å²) in [5.74, 6) is 2.44. The Hall–Kier alpha value is -1.37. The molecule has 0 aliphatic carbocycles. The van der Waals surface area contributed by atoms with Gasteiger partial charge in [-0.1, -0.05) is 13.8 Å². The molecule has 112 valence electrons. The number of hydrogen-bond acceptors (Lipinski definition) is 6. The van der Waals surface area contributed by atoms with Gasteiger partial charge in [0.25, 0.3) is 0 Å². The zero-order chi connectivity index (χ0) is 15.1. The maximum absolute atomic E-state index is 11.7. The minimum atomic E-state index is -2.94. The summed E-state index contributed by atoms with van der Waals surface area (Å²) in [4.78, 5) is 10.9. The molecule has 1 aliphatic heterocycles. The Labute approximate surface area is 120 Å². The number of nitrogens with zero attached hydrogens (tertiary/aromatic N) is 3. The zero-order valence-corrected chi connectivity index (χ0v) is 13.2. The lowest BCUT2D eigenvalue weighted by Gasteiger charge is -2.35. The Kier molecular flexibility index (Phi) is 3.90. The predicted octanol–water partition coefficient (Wildman–Crippen LogP) is 1.11. The van der Waals surface area contributed by atoms with Gasteiger partial charge in [-0.05, 0) is 13.8 Å². The van der Waals surface area contributed by atoms with Crippen molar-refractivity contribution in [1.29, 1.82) is 0 Å². The molecule has 0 aromatic carbocycles. The van der Waals surface area contributed by atoms with Gasteiger partial charge in [-0.2, -0.15) is 0 Å². The summed E-state index contributed by atoms with van der Waals surface area (Å²) in [6.45, 7) is 8.27. The molecule has 0 radical (unpaired) electrons. The quantitative estimate of drug-likeness (QED) is 0.880. The first-order valence-electron chi connectivity index (χ1n) is 6.82. The molecule has 1 aromatic heterocycles. The standard InChI is InChI=1S/C13H22N4O2S/c1-8(2)12-15-11(14)10(4)13(16-12)17-5-6-20(18,19)7-9(17)3/h8-9H,5-7H2,1-4H3,(H2,14,15,16). The van der Waals surface area contributed by atoms with Crippen molar-refractivity contribution in [2.45, 2.75) is 39.7 Å². The van der Waals surface area contributed by atoms with Crippen LogP contribution in [0.1, 0.15) is 38.1 Å². The van der Waals surface area contributed by atoms with Gasteiger partial charge in [0, 0.05) is 24.1 Å². The molecule has 0 spiro atoms. The van der Waals surface area contributed by atoms with Crippen molar-refractivity contribution >= 4 is 21.5 Å². The highest BCUT2D eigenvalue weighted by Gasteiger charge is 2.30. The van der Waals surface area contributed by atoms with Gasteiger partial charge in [0.15, 0.2) is 9.84 Å². The van der Waals surface area contributed by atoms with Crippen molar-refractivity contribution in [3.05, 3.63) is 11.4 Å². The second-order valence-corrected chi connectivity index (χ2v) is 7.96. The number of aromatic nitrogens is 2. The lowest BCUT2D eigenvalue weighted by atomic mass is 10.2. The number of nitrogen functional groups attached to an aromatic ring is 1. The highest BCUT2D eigenvalue weighted by molar-refractivity contribution is 7.91. The molecule has 1 unspecified atom stereocenters. The molecule has 1 aliphatic rings. The Morgan fingerprint density at radius 1 is 1.35 bits per heavy atom. The highest BCUT2D eigenvalue weighted by atomic mass is 32.2. The predicted molar refractivity (Wildman–Crippen MR) is 80.7 cm³/mol. The number of sulfone groups is 1. The number of rotatable bonds is 2. The van der Waals surface area contributed by atoms with Gasteiger partial charge in [-0.15, -0.1) is 0 Å². The maximum atomic E-state index is 11.7. The van der Waals surface area contributed by atoms with Crippen LogP contribution in [0, 0.1) is 6.92 Å². The van der Waals surface area contributed by atoms with E-state index >= 15 is 0 Å². The smallest absolute Gasteiger partial charge is 0.154 e. The molecule has 2 N–H and O–H groups in total. The van der Waals surface area contributed by atoms with E-state index in [4.69, 9.17) is 5.73 Å². The van der Waals surface area contributed by atoms with Gasteiger partial charge in [0.2, 0.25) is 0 Å². The first-order valence-corrected chi connectivity index (χ1v) is 8.64. The second-order valence-electron chi connectivity index (χ2n) is 5.73. The van der Waals surface area contributed by atoms with E-state index in [2.05, 4.69) is 9.97 Å². The van der Waals surface area contributed by atoms with Gasteiger partial charge in [-0.3, -0.25) is 0 Å². The SMILES string of the molecule is Cc1c(N)nc(C(C)C)nc1N1CCS(=O)(=O)CC1C. The number of nitrogens with two attached hydrogens (primary N) is 1. The van der Waals surface area contributed by atoms with E-state index in [9.17, 15) is 8.42 Å². The van der Waals surface area contributed by atoms with Gasteiger partial charge in [0.05, 0.1) is 11.5 Å². The van der Waals surface area contributed by atoms with Crippen LogP contribution in [0.2, 0.25) is 0 Å². The molecular formula is C13H22N4O2S. The molecule has 2 rings (SSSR count). The summed E-state index contributed by atoms with van der Waals surface area (Å²) >= 11 is 0. The van der Waals surface area contributed by atoms with Crippen LogP contribution >= 0.6 is 0 Å². The van der Waals surface area contributed by atoms with Crippen molar-refractivity contribution in [2.75, 3.05) is 28.7 Å². The third kappa shape index (κ3) is 2.87. The van der Waals surface area contributed by atoms with Crippen molar-refractivity contribution < 1.29 is 8.42 Å². The average Bonchev–Trinajstić information content (AvgIpc) is 2.32. The van der Waals surface area contributed by atoms with E-state index in [1.807, 2.05) is 32.6 Å². The van der Waals surface area contributed by atoms with E-state index in [1.165, 1.54) is 0 Å². The largest absolute Gasteiger partial charge is 0.383 e. The van der Waals surface area contributed by atoms with Gasteiger partial charge < -0.3 is 10.6 Å². The fourth-order valence-corrected chi connectivity index (χ4v) is 3.95. The van der Waals surface area contributed by atoms with Crippen LogP contribution in [0.4, 0.5) is 11.6 Å². The fourth-order valence-electron chi connectivity index (χ4n) is 2.39. The zero-order valence-electron chi connectivity index (χ0n) is 12.4. The first-order chi connectivity index (χ1) is 9.21. The highest BCUT2D eigenvalue weighted by Crippen LogP contribution is 2.27. The molecule has 1 saturated heterocycles. The molecule has 0 bridgehead atoms. The topological polar surface area (TPSA) is 89.2 Å². The van der Waals surface area contributed by atoms with Gasteiger partial charge >= 0.3 is 0 Å². The molecule has 0 amide bonds. The molecule has 0 saturated carbocycles. The molecule has 6 nitrogen and oxygen atoms in total. The van der Waals surface area contributed by atoms with E-state index in [-0.39, 0.29) is 23.5 Å². The van der Waals surface area contributed by atoms with Crippen molar-refractivity contribution in [2.24, 2.45) is 0 Å². The van der Waals surface area contributed by atoms with E-state index < -0.39 is 9.84 Å². The normalized spacial score (nSPS) is 22.2. The molecule has 1 fully saturated rings. The molecule has 2 heterocycles. The van der Waals surface area contributed by atoms with Crippen molar-refractivity contribution in [3.8, 4) is 0 Å². The van der Waals surface area contributed by atoms with Crippen LogP contribution in [0.15, 0.2) is 0 Å². The summed E-state index contributed by atoms with van der Waals surface area (Å²) in [5.41, 5.74) is 6.79.